The number of hydrogen-bond acceptors (Lipinski definition) is 6. The van der Waals surface area contributed by atoms with Crippen molar-refractivity contribution in [1.29, 1.82) is 0 Å². The van der Waals surface area contributed by atoms with Crippen LogP contribution in [0, 0.1) is 5.92 Å². The number of hydrogen-bond donors (Lipinski definition) is 2. The second-order valence-corrected chi connectivity index (χ2v) is 10.4. The van der Waals surface area contributed by atoms with E-state index in [1.807, 2.05) is 25.1 Å². The normalized spacial score (nSPS) is 18.1. The fourth-order valence-electron chi connectivity index (χ4n) is 4.89. The Bertz CT molecular complexity index is 1060. The Morgan fingerprint density at radius 2 is 1.68 bits per heavy atom. The van der Waals surface area contributed by atoms with Gasteiger partial charge < -0.3 is 20.9 Å². The smallest absolute Gasteiger partial charge is 0.338 e. The van der Waals surface area contributed by atoms with Crippen LogP contribution in [0.5, 0.6) is 0 Å². The number of nitrogens with two attached hydrogens (primary N) is 2. The van der Waals surface area contributed by atoms with Crippen LogP contribution in [-0.4, -0.2) is 24.6 Å². The van der Waals surface area contributed by atoms with Crippen LogP contribution in [0.1, 0.15) is 92.1 Å². The summed E-state index contributed by atoms with van der Waals surface area (Å²) in [6.45, 7) is 5.94. The lowest BCUT2D eigenvalue weighted by molar-refractivity contribution is -0.138. The summed E-state index contributed by atoms with van der Waals surface area (Å²) in [7, 11) is 0. The molecule has 0 amide bonds. The molecule has 2 aromatic rings. The van der Waals surface area contributed by atoms with Gasteiger partial charge in [-0.25, -0.2) is 9.59 Å². The lowest BCUT2D eigenvalue weighted by atomic mass is 9.84. The third-order valence-corrected chi connectivity index (χ3v) is 7.19. The molecule has 0 heterocycles. The highest BCUT2D eigenvalue weighted by Gasteiger charge is 2.24. The van der Waals surface area contributed by atoms with E-state index in [0.29, 0.717) is 16.9 Å². The highest BCUT2D eigenvalue weighted by Crippen LogP contribution is 2.30. The van der Waals surface area contributed by atoms with Gasteiger partial charge in [-0.15, -0.1) is 6.58 Å². The van der Waals surface area contributed by atoms with Crippen LogP contribution < -0.4 is 11.5 Å². The topological polar surface area (TPSA) is 105 Å². The Kier molecular flexibility index (Phi) is 11.5. The standard InChI is InChI=1S/C32H42N2O4/c1-3-4-5-6-7-8-24-11-16-30(17-12-24)38-32(36)26-14-9-25(10-15-26)13-18-31(35)37-22-23(2)27-19-28(33)21-29(34)20-27/h3,9-10,13-15,18-21,23-24,30H,1,4-8,11-12,16-17,22,33-34H2,2H3. The molecule has 204 valence electrons. The molecule has 38 heavy (non-hydrogen) atoms. The van der Waals surface area contributed by atoms with Gasteiger partial charge in [-0.05, 0) is 92.0 Å². The first-order chi connectivity index (χ1) is 18.3. The molecule has 0 spiro atoms. The second kappa shape index (κ2) is 15.0. The first-order valence-electron chi connectivity index (χ1n) is 13.8. The molecule has 1 aliphatic carbocycles. The van der Waals surface area contributed by atoms with Crippen LogP contribution >= 0.6 is 0 Å². The molecule has 0 bridgehead atoms. The van der Waals surface area contributed by atoms with Gasteiger partial charge in [-0.2, -0.15) is 0 Å². The summed E-state index contributed by atoms with van der Waals surface area (Å²) in [6, 6.07) is 12.4. The number of unbranched alkanes of at least 4 members (excludes halogenated alkanes) is 3. The number of nitrogen functional groups attached to an aromatic ring is 2. The summed E-state index contributed by atoms with van der Waals surface area (Å²) in [4.78, 5) is 24.8. The van der Waals surface area contributed by atoms with Gasteiger partial charge in [-0.1, -0.05) is 44.4 Å². The van der Waals surface area contributed by atoms with Gasteiger partial charge in [0, 0.05) is 23.4 Å². The van der Waals surface area contributed by atoms with Crippen molar-refractivity contribution in [2.75, 3.05) is 18.1 Å². The monoisotopic (exact) mass is 518 g/mol. The van der Waals surface area contributed by atoms with Crippen LogP contribution in [-0.2, 0) is 14.3 Å². The fourth-order valence-corrected chi connectivity index (χ4v) is 4.89. The van der Waals surface area contributed by atoms with E-state index in [1.165, 1.54) is 31.8 Å². The number of rotatable bonds is 13. The minimum atomic E-state index is -0.440. The number of carbonyl (C=O) groups is 2. The predicted octanol–water partition coefficient (Wildman–Crippen LogP) is 7.06. The van der Waals surface area contributed by atoms with E-state index in [1.54, 1.807) is 36.4 Å². The van der Waals surface area contributed by atoms with Gasteiger partial charge in [0.25, 0.3) is 0 Å². The van der Waals surface area contributed by atoms with Crippen molar-refractivity contribution in [3.05, 3.63) is 77.9 Å². The second-order valence-electron chi connectivity index (χ2n) is 10.4. The van der Waals surface area contributed by atoms with Gasteiger partial charge in [-0.3, -0.25) is 0 Å². The summed E-state index contributed by atoms with van der Waals surface area (Å²) < 4.78 is 11.1. The Morgan fingerprint density at radius 1 is 1.00 bits per heavy atom. The van der Waals surface area contributed by atoms with Crippen molar-refractivity contribution in [3.63, 3.8) is 0 Å². The largest absolute Gasteiger partial charge is 0.462 e. The molecule has 1 saturated carbocycles. The average molecular weight is 519 g/mol. The van der Waals surface area contributed by atoms with Crippen LogP contribution in [0.4, 0.5) is 11.4 Å². The average Bonchev–Trinajstić information content (AvgIpc) is 2.91. The number of allylic oxidation sites excluding steroid dienone is 1. The van der Waals surface area contributed by atoms with Crippen molar-refractivity contribution in [1.82, 2.24) is 0 Å². The van der Waals surface area contributed by atoms with Crippen molar-refractivity contribution < 1.29 is 19.1 Å². The van der Waals surface area contributed by atoms with Crippen molar-refractivity contribution in [2.45, 2.75) is 76.7 Å². The minimum Gasteiger partial charge on any atom is -0.462 e. The number of carbonyl (C=O) groups excluding carboxylic acids is 2. The molecular formula is C32H42N2O4. The highest BCUT2D eigenvalue weighted by atomic mass is 16.5. The molecule has 0 aliphatic heterocycles. The SMILES string of the molecule is C=CCCCCCC1CCC(OC(=O)c2ccc(C=CC(=O)OCC(C)c3cc(N)cc(N)c3)cc2)CC1. The predicted molar refractivity (Wildman–Crippen MR) is 155 cm³/mol. The molecule has 1 unspecified atom stereocenters. The molecule has 1 atom stereocenters. The molecule has 1 aliphatic rings. The number of ether oxygens (including phenoxy) is 2. The number of anilines is 2. The van der Waals surface area contributed by atoms with E-state index in [-0.39, 0.29) is 24.6 Å². The van der Waals surface area contributed by atoms with E-state index in [4.69, 9.17) is 20.9 Å². The zero-order chi connectivity index (χ0) is 27.3. The maximum absolute atomic E-state index is 12.6. The van der Waals surface area contributed by atoms with Crippen molar-refractivity contribution >= 4 is 29.4 Å². The lowest BCUT2D eigenvalue weighted by Crippen LogP contribution is -2.24. The lowest BCUT2D eigenvalue weighted by Gasteiger charge is -2.28. The molecule has 1 fully saturated rings. The Hall–Kier alpha value is -3.54. The third-order valence-electron chi connectivity index (χ3n) is 7.19. The van der Waals surface area contributed by atoms with E-state index in [9.17, 15) is 9.59 Å². The summed E-state index contributed by atoms with van der Waals surface area (Å²) in [6.07, 6.45) is 15.3. The maximum Gasteiger partial charge on any atom is 0.338 e. The van der Waals surface area contributed by atoms with Gasteiger partial charge in [0.05, 0.1) is 12.2 Å². The van der Waals surface area contributed by atoms with Crippen LogP contribution in [0.3, 0.4) is 0 Å². The zero-order valence-electron chi connectivity index (χ0n) is 22.6. The summed E-state index contributed by atoms with van der Waals surface area (Å²) >= 11 is 0. The quantitative estimate of drug-likeness (QED) is 0.0966. The molecule has 6 heteroatoms. The zero-order valence-corrected chi connectivity index (χ0v) is 22.6. The van der Waals surface area contributed by atoms with E-state index < -0.39 is 5.97 Å². The van der Waals surface area contributed by atoms with Gasteiger partial charge in [0.1, 0.15) is 6.10 Å². The molecule has 0 radical (unpaired) electrons. The highest BCUT2D eigenvalue weighted by molar-refractivity contribution is 5.90. The molecule has 6 nitrogen and oxygen atoms in total. The first-order valence-corrected chi connectivity index (χ1v) is 13.8. The number of esters is 2. The molecular weight excluding hydrogens is 476 g/mol. The van der Waals surface area contributed by atoms with Crippen LogP contribution in [0.15, 0.2) is 61.2 Å². The molecule has 3 rings (SSSR count). The maximum atomic E-state index is 12.6. The third kappa shape index (κ3) is 9.73. The minimum absolute atomic E-state index is 0.0000164. The van der Waals surface area contributed by atoms with Crippen LogP contribution in [0.25, 0.3) is 6.08 Å². The van der Waals surface area contributed by atoms with Gasteiger partial charge in [0.15, 0.2) is 0 Å². The van der Waals surface area contributed by atoms with Crippen molar-refractivity contribution in [2.24, 2.45) is 5.92 Å². The van der Waals surface area contributed by atoms with E-state index in [2.05, 4.69) is 6.58 Å². The summed E-state index contributed by atoms with van der Waals surface area (Å²) in [5.74, 6) is -0.00922. The molecule has 4 N–H and O–H groups in total. The summed E-state index contributed by atoms with van der Waals surface area (Å²) in [5, 5.41) is 0. The molecule has 0 saturated heterocycles. The number of benzene rings is 2. The Morgan fingerprint density at radius 3 is 2.34 bits per heavy atom. The Labute approximate surface area is 227 Å². The first kappa shape index (κ1) is 29.0. The Balaban J connectivity index is 1.38. The van der Waals surface area contributed by atoms with Gasteiger partial charge >= 0.3 is 11.9 Å². The molecule has 2 aromatic carbocycles. The fraction of sp³-hybridized carbons (Fsp3) is 0.438. The van der Waals surface area contributed by atoms with E-state index >= 15 is 0 Å². The summed E-state index contributed by atoms with van der Waals surface area (Å²) in [5.41, 5.74) is 15.1. The van der Waals surface area contributed by atoms with Gasteiger partial charge in [0.2, 0.25) is 0 Å². The molecule has 0 aromatic heterocycles. The van der Waals surface area contributed by atoms with Crippen LogP contribution in [0.2, 0.25) is 0 Å². The van der Waals surface area contributed by atoms with Crippen molar-refractivity contribution in [3.8, 4) is 0 Å². The van der Waals surface area contributed by atoms with E-state index in [0.717, 1.165) is 49.1 Å².